The Morgan fingerprint density at radius 1 is 1.10 bits per heavy atom. The number of quaternary nitrogens is 1. The number of hydrogen-bond acceptors (Lipinski definition) is 4. The van der Waals surface area contributed by atoms with Crippen LogP contribution in [-0.4, -0.2) is 38.3 Å². The highest BCUT2D eigenvalue weighted by Gasteiger charge is 2.36. The van der Waals surface area contributed by atoms with Gasteiger partial charge in [-0.3, -0.25) is 4.79 Å². The molecule has 7 nitrogen and oxygen atoms in total. The SMILES string of the molecule is Cc1ccc2[nH]c(=O)c([C@H](c3nnnn3C(C)(C)C)[NH+]3CCCCCC3)cc2c1. The molecule has 0 amide bonds. The molecule has 1 atom stereocenters. The second-order valence-electron chi connectivity index (χ2n) is 9.27. The van der Waals surface area contributed by atoms with Crippen LogP contribution in [0.25, 0.3) is 10.9 Å². The van der Waals surface area contributed by atoms with Crippen molar-refractivity contribution in [3.8, 4) is 0 Å². The second-order valence-corrected chi connectivity index (χ2v) is 9.27. The molecule has 1 aromatic carbocycles. The summed E-state index contributed by atoms with van der Waals surface area (Å²) in [5, 5.41) is 13.8. The lowest BCUT2D eigenvalue weighted by Gasteiger charge is -2.29. The molecule has 1 saturated heterocycles. The minimum absolute atomic E-state index is 0.0495. The van der Waals surface area contributed by atoms with E-state index >= 15 is 0 Å². The molecule has 2 aromatic heterocycles. The van der Waals surface area contributed by atoms with Gasteiger partial charge in [-0.05, 0) is 87.4 Å². The molecule has 29 heavy (non-hydrogen) atoms. The summed E-state index contributed by atoms with van der Waals surface area (Å²) in [5.74, 6) is 0.770. The zero-order chi connectivity index (χ0) is 20.6. The van der Waals surface area contributed by atoms with Gasteiger partial charge in [-0.1, -0.05) is 11.6 Å². The first kappa shape index (κ1) is 19.8. The fraction of sp³-hybridized carbons (Fsp3) is 0.545. The Hall–Kier alpha value is -2.54. The fourth-order valence-corrected chi connectivity index (χ4v) is 4.42. The Balaban J connectivity index is 1.91. The molecule has 4 rings (SSSR count). The molecule has 0 saturated carbocycles. The fourth-order valence-electron chi connectivity index (χ4n) is 4.42. The first-order valence-electron chi connectivity index (χ1n) is 10.6. The van der Waals surface area contributed by atoms with Crippen LogP contribution in [-0.2, 0) is 5.54 Å². The molecule has 0 radical (unpaired) electrons. The predicted octanol–water partition coefficient (Wildman–Crippen LogP) is 2.13. The van der Waals surface area contributed by atoms with E-state index < -0.39 is 0 Å². The number of aryl methyl sites for hydroxylation is 1. The molecule has 0 aliphatic carbocycles. The highest BCUT2D eigenvalue weighted by atomic mass is 16.1. The molecule has 1 aliphatic rings. The van der Waals surface area contributed by atoms with Crippen molar-refractivity contribution in [1.82, 2.24) is 25.2 Å². The number of hydrogen-bond donors (Lipinski definition) is 2. The topological polar surface area (TPSA) is 80.9 Å². The second kappa shape index (κ2) is 7.71. The Kier molecular flexibility index (Phi) is 5.25. The third-order valence-electron chi connectivity index (χ3n) is 5.88. The highest BCUT2D eigenvalue weighted by molar-refractivity contribution is 5.79. The number of pyridine rings is 1. The maximum absolute atomic E-state index is 13.2. The minimum Gasteiger partial charge on any atom is -0.322 e. The summed E-state index contributed by atoms with van der Waals surface area (Å²) in [6.07, 6.45) is 4.81. The summed E-state index contributed by atoms with van der Waals surface area (Å²) in [4.78, 5) is 17.7. The van der Waals surface area contributed by atoms with Crippen molar-refractivity contribution in [3.05, 3.63) is 51.6 Å². The average molecular weight is 396 g/mol. The van der Waals surface area contributed by atoms with E-state index in [9.17, 15) is 4.79 Å². The lowest BCUT2D eigenvalue weighted by atomic mass is 10.0. The molecule has 0 spiro atoms. The zero-order valence-electron chi connectivity index (χ0n) is 17.8. The van der Waals surface area contributed by atoms with Crippen LogP contribution in [0.5, 0.6) is 0 Å². The number of nitrogens with zero attached hydrogens (tertiary/aromatic N) is 4. The maximum Gasteiger partial charge on any atom is 0.258 e. The smallest absolute Gasteiger partial charge is 0.258 e. The third kappa shape index (κ3) is 3.96. The Labute approximate surface area is 171 Å². The number of H-pyrrole nitrogens is 1. The Morgan fingerprint density at radius 2 is 1.83 bits per heavy atom. The lowest BCUT2D eigenvalue weighted by molar-refractivity contribution is -0.925. The van der Waals surface area contributed by atoms with Crippen LogP contribution in [0.2, 0.25) is 0 Å². The van der Waals surface area contributed by atoms with Gasteiger partial charge in [-0.25, -0.2) is 4.68 Å². The number of rotatable bonds is 3. The highest BCUT2D eigenvalue weighted by Crippen LogP contribution is 2.23. The molecular weight excluding hydrogens is 364 g/mol. The van der Waals surface area contributed by atoms with Crippen LogP contribution < -0.4 is 10.5 Å². The van der Waals surface area contributed by atoms with Crippen molar-refractivity contribution in [2.45, 2.75) is 65.0 Å². The Morgan fingerprint density at radius 3 is 2.52 bits per heavy atom. The molecular formula is C22H31N6O+. The van der Waals surface area contributed by atoms with Gasteiger partial charge in [-0.2, -0.15) is 0 Å². The first-order valence-corrected chi connectivity index (χ1v) is 10.6. The average Bonchev–Trinajstić information content (AvgIpc) is 3.00. The summed E-state index contributed by atoms with van der Waals surface area (Å²) < 4.78 is 1.88. The summed E-state index contributed by atoms with van der Waals surface area (Å²) in [7, 11) is 0. The monoisotopic (exact) mass is 395 g/mol. The summed E-state index contributed by atoms with van der Waals surface area (Å²) in [6, 6.07) is 7.98. The van der Waals surface area contributed by atoms with Gasteiger partial charge in [-0.15, -0.1) is 5.10 Å². The number of aromatic nitrogens is 5. The van der Waals surface area contributed by atoms with Gasteiger partial charge in [0.05, 0.1) is 24.2 Å². The normalized spacial score (nSPS) is 17.4. The van der Waals surface area contributed by atoms with Gasteiger partial charge in [0.2, 0.25) is 5.82 Å². The van der Waals surface area contributed by atoms with Crippen molar-refractivity contribution >= 4 is 10.9 Å². The van der Waals surface area contributed by atoms with Gasteiger partial charge in [0, 0.05) is 5.52 Å². The number of benzene rings is 1. The van der Waals surface area contributed by atoms with E-state index in [1.807, 2.05) is 22.9 Å². The van der Waals surface area contributed by atoms with E-state index in [1.165, 1.54) is 23.3 Å². The van der Waals surface area contributed by atoms with Crippen LogP contribution in [0, 0.1) is 6.92 Å². The van der Waals surface area contributed by atoms with Crippen LogP contribution in [0.3, 0.4) is 0 Å². The van der Waals surface area contributed by atoms with Gasteiger partial charge in [0.25, 0.3) is 5.56 Å². The zero-order valence-corrected chi connectivity index (χ0v) is 17.8. The molecule has 3 heterocycles. The van der Waals surface area contributed by atoms with Gasteiger partial charge in [0.15, 0.2) is 6.04 Å². The van der Waals surface area contributed by atoms with Crippen LogP contribution in [0.15, 0.2) is 29.1 Å². The number of likely N-dealkylation sites (tertiary alicyclic amines) is 1. The molecule has 0 unspecified atom stereocenters. The minimum atomic E-state index is -0.261. The lowest BCUT2D eigenvalue weighted by Crippen LogP contribution is -3.12. The quantitative estimate of drug-likeness (QED) is 0.712. The first-order chi connectivity index (χ1) is 13.8. The molecule has 7 heteroatoms. The van der Waals surface area contributed by atoms with Crippen molar-refractivity contribution < 1.29 is 4.90 Å². The van der Waals surface area contributed by atoms with Crippen molar-refractivity contribution in [2.24, 2.45) is 0 Å². The van der Waals surface area contributed by atoms with Gasteiger partial charge >= 0.3 is 0 Å². The number of fused-ring (bicyclic) bond motifs is 1. The standard InChI is InChI=1S/C22H30N6O/c1-15-9-10-18-16(13-15)14-17(21(29)23-18)19(27-11-7-5-6-8-12-27)20-24-25-26-28(20)22(2,3)4/h9-10,13-14,19H,5-8,11-12H2,1-4H3,(H,23,29)/p+1/t19-/m1/s1. The predicted molar refractivity (Wildman–Crippen MR) is 113 cm³/mol. The maximum atomic E-state index is 13.2. The van der Waals surface area contributed by atoms with E-state index in [1.54, 1.807) is 0 Å². The van der Waals surface area contributed by atoms with Crippen LogP contribution in [0.4, 0.5) is 0 Å². The van der Waals surface area contributed by atoms with Crippen LogP contribution in [0.1, 0.15) is 69.4 Å². The molecule has 3 aromatic rings. The van der Waals surface area contributed by atoms with E-state index in [-0.39, 0.29) is 17.1 Å². The third-order valence-corrected chi connectivity index (χ3v) is 5.88. The van der Waals surface area contributed by atoms with Crippen molar-refractivity contribution in [1.29, 1.82) is 0 Å². The van der Waals surface area contributed by atoms with Gasteiger partial charge in [0.1, 0.15) is 0 Å². The van der Waals surface area contributed by atoms with Crippen molar-refractivity contribution in [3.63, 3.8) is 0 Å². The molecule has 2 N–H and O–H groups in total. The van der Waals surface area contributed by atoms with Gasteiger partial charge < -0.3 is 9.88 Å². The van der Waals surface area contributed by atoms with Crippen LogP contribution >= 0.6 is 0 Å². The molecule has 154 valence electrons. The summed E-state index contributed by atoms with van der Waals surface area (Å²) >= 11 is 0. The van der Waals surface area contributed by atoms with E-state index in [4.69, 9.17) is 0 Å². The number of aromatic amines is 1. The summed E-state index contributed by atoms with van der Waals surface area (Å²) in [5.41, 5.74) is 2.48. The van der Waals surface area contributed by atoms with Crippen molar-refractivity contribution in [2.75, 3.05) is 13.1 Å². The molecule has 1 aliphatic heterocycles. The molecule has 1 fully saturated rings. The van der Waals surface area contributed by atoms with E-state index in [0.29, 0.717) is 0 Å². The van der Waals surface area contributed by atoms with E-state index in [2.05, 4.69) is 54.3 Å². The number of nitrogens with one attached hydrogen (secondary N) is 2. The Bertz CT molecular complexity index is 1050. The number of tetrazole rings is 1. The molecule has 0 bridgehead atoms. The van der Waals surface area contributed by atoms with E-state index in [0.717, 1.165) is 48.2 Å². The largest absolute Gasteiger partial charge is 0.322 e. The summed E-state index contributed by atoms with van der Waals surface area (Å²) in [6.45, 7) is 10.4.